The van der Waals surface area contributed by atoms with E-state index in [9.17, 15) is 13.8 Å². The second-order valence-corrected chi connectivity index (χ2v) is 6.77. The molecule has 2 atom stereocenters. The monoisotopic (exact) mass is 330 g/mol. The molecule has 5 nitrogen and oxygen atoms in total. The molecule has 0 radical (unpaired) electrons. The third-order valence-electron chi connectivity index (χ3n) is 3.06. The van der Waals surface area contributed by atoms with Gasteiger partial charge in [-0.15, -0.1) is 0 Å². The van der Waals surface area contributed by atoms with Gasteiger partial charge in [0, 0.05) is 47.1 Å². The fourth-order valence-electron chi connectivity index (χ4n) is 1.74. The second kappa shape index (κ2) is 7.56. The number of nitrogens with one attached hydrogen (secondary N) is 1. The SMILES string of the molecule is CC(=O)c1ccc(NC(=O)N(C)C(C)CS(C)=O)cc1Cl. The number of anilines is 1. The van der Waals surface area contributed by atoms with Crippen molar-refractivity contribution in [1.82, 2.24) is 4.90 Å². The number of halogens is 1. The summed E-state index contributed by atoms with van der Waals surface area (Å²) in [5.74, 6) is 0.280. The van der Waals surface area contributed by atoms with Crippen molar-refractivity contribution in [3.8, 4) is 0 Å². The van der Waals surface area contributed by atoms with E-state index in [-0.39, 0.29) is 17.9 Å². The standard InChI is InChI=1S/C14H19ClN2O3S/c1-9(8-21(4)20)17(3)14(19)16-11-5-6-12(10(2)18)13(15)7-11/h5-7,9H,8H2,1-4H3,(H,16,19). The number of carbonyl (C=O) groups is 2. The first-order chi connectivity index (χ1) is 9.72. The largest absolute Gasteiger partial charge is 0.324 e. The van der Waals surface area contributed by atoms with Crippen molar-refractivity contribution in [2.24, 2.45) is 0 Å². The maximum absolute atomic E-state index is 12.1. The zero-order valence-corrected chi connectivity index (χ0v) is 14.0. The zero-order chi connectivity index (χ0) is 16.2. The molecule has 0 bridgehead atoms. The first-order valence-electron chi connectivity index (χ1n) is 6.36. The van der Waals surface area contributed by atoms with Crippen LogP contribution >= 0.6 is 11.6 Å². The van der Waals surface area contributed by atoms with Crippen LogP contribution in [0.3, 0.4) is 0 Å². The second-order valence-electron chi connectivity index (χ2n) is 4.88. The van der Waals surface area contributed by atoms with Crippen molar-refractivity contribution in [2.75, 3.05) is 24.4 Å². The molecule has 0 heterocycles. The zero-order valence-electron chi connectivity index (χ0n) is 12.5. The molecule has 0 aliphatic heterocycles. The Morgan fingerprint density at radius 2 is 2.05 bits per heavy atom. The van der Waals surface area contributed by atoms with Crippen molar-refractivity contribution in [1.29, 1.82) is 0 Å². The molecule has 0 saturated carbocycles. The van der Waals surface area contributed by atoms with E-state index in [0.29, 0.717) is 22.0 Å². The minimum Gasteiger partial charge on any atom is -0.324 e. The molecule has 0 fully saturated rings. The van der Waals surface area contributed by atoms with Crippen LogP contribution in [0.2, 0.25) is 5.02 Å². The van der Waals surface area contributed by atoms with Crippen LogP contribution in [0.4, 0.5) is 10.5 Å². The number of amides is 2. The van der Waals surface area contributed by atoms with Gasteiger partial charge in [0.1, 0.15) is 0 Å². The average Bonchev–Trinajstić information content (AvgIpc) is 2.36. The Balaban J connectivity index is 2.77. The van der Waals surface area contributed by atoms with E-state index in [0.717, 1.165) is 0 Å². The molecular weight excluding hydrogens is 312 g/mol. The van der Waals surface area contributed by atoms with Crippen LogP contribution in [-0.4, -0.2) is 46.0 Å². The Bertz CT molecular complexity index is 577. The lowest BCUT2D eigenvalue weighted by atomic mass is 10.1. The van der Waals surface area contributed by atoms with E-state index in [4.69, 9.17) is 11.6 Å². The molecular formula is C14H19ClN2O3S. The molecule has 7 heteroatoms. The summed E-state index contributed by atoms with van der Waals surface area (Å²) >= 11 is 5.99. The highest BCUT2D eigenvalue weighted by molar-refractivity contribution is 7.84. The predicted molar refractivity (Wildman–Crippen MR) is 86.6 cm³/mol. The van der Waals surface area contributed by atoms with Crippen LogP contribution in [0.1, 0.15) is 24.2 Å². The maximum atomic E-state index is 12.1. The molecule has 21 heavy (non-hydrogen) atoms. The Hall–Kier alpha value is -1.40. The number of nitrogens with zero attached hydrogens (tertiary/aromatic N) is 1. The van der Waals surface area contributed by atoms with Crippen LogP contribution in [-0.2, 0) is 10.8 Å². The Kier molecular flexibility index (Phi) is 6.36. The van der Waals surface area contributed by atoms with Crippen molar-refractivity contribution in [2.45, 2.75) is 19.9 Å². The van der Waals surface area contributed by atoms with Gasteiger partial charge in [-0.05, 0) is 32.0 Å². The number of Topliss-reactive ketones (excluding diaryl/α,β-unsaturated/α-hetero) is 1. The minimum absolute atomic E-state index is 0.131. The molecule has 2 amide bonds. The summed E-state index contributed by atoms with van der Waals surface area (Å²) in [6.45, 7) is 3.26. The molecule has 1 rings (SSSR count). The maximum Gasteiger partial charge on any atom is 0.321 e. The molecule has 0 saturated heterocycles. The lowest BCUT2D eigenvalue weighted by Crippen LogP contribution is -2.40. The molecule has 2 unspecified atom stereocenters. The van der Waals surface area contributed by atoms with Gasteiger partial charge in [-0.2, -0.15) is 0 Å². The van der Waals surface area contributed by atoms with Crippen molar-refractivity contribution in [3.63, 3.8) is 0 Å². The highest BCUT2D eigenvalue weighted by atomic mass is 35.5. The lowest BCUT2D eigenvalue weighted by Gasteiger charge is -2.24. The highest BCUT2D eigenvalue weighted by Gasteiger charge is 2.17. The summed E-state index contributed by atoms with van der Waals surface area (Å²) in [4.78, 5) is 24.8. The molecule has 116 valence electrons. The fourth-order valence-corrected chi connectivity index (χ4v) is 2.96. The van der Waals surface area contributed by atoms with Gasteiger partial charge in [0.05, 0.1) is 5.02 Å². The molecule has 0 aliphatic rings. The van der Waals surface area contributed by atoms with Crippen LogP contribution in [0.5, 0.6) is 0 Å². The van der Waals surface area contributed by atoms with Gasteiger partial charge in [-0.25, -0.2) is 4.79 Å². The van der Waals surface area contributed by atoms with Crippen LogP contribution in [0, 0.1) is 0 Å². The fraction of sp³-hybridized carbons (Fsp3) is 0.429. The van der Waals surface area contributed by atoms with Crippen LogP contribution < -0.4 is 5.32 Å². The summed E-state index contributed by atoms with van der Waals surface area (Å²) < 4.78 is 11.2. The number of carbonyl (C=O) groups excluding carboxylic acids is 2. The average molecular weight is 331 g/mol. The molecule has 1 aromatic rings. The van der Waals surface area contributed by atoms with E-state index in [1.807, 2.05) is 6.92 Å². The number of hydrogen-bond donors (Lipinski definition) is 1. The molecule has 1 N–H and O–H groups in total. The van der Waals surface area contributed by atoms with E-state index in [1.165, 1.54) is 17.9 Å². The highest BCUT2D eigenvalue weighted by Crippen LogP contribution is 2.21. The van der Waals surface area contributed by atoms with Gasteiger partial charge in [-0.3, -0.25) is 9.00 Å². The van der Waals surface area contributed by atoms with Crippen molar-refractivity contribution >= 4 is 39.9 Å². The Morgan fingerprint density at radius 3 is 2.52 bits per heavy atom. The molecule has 1 aromatic carbocycles. The normalized spacial score (nSPS) is 13.4. The number of benzene rings is 1. The Morgan fingerprint density at radius 1 is 1.43 bits per heavy atom. The van der Waals surface area contributed by atoms with E-state index < -0.39 is 10.8 Å². The molecule has 0 aliphatic carbocycles. The number of urea groups is 1. The van der Waals surface area contributed by atoms with Gasteiger partial charge in [0.25, 0.3) is 0 Å². The predicted octanol–water partition coefficient (Wildman–Crippen LogP) is 2.77. The Labute approximate surface area is 132 Å². The summed E-state index contributed by atoms with van der Waals surface area (Å²) in [6.07, 6.45) is 1.60. The summed E-state index contributed by atoms with van der Waals surface area (Å²) in [6, 6.07) is 4.26. The van der Waals surface area contributed by atoms with Crippen molar-refractivity contribution < 1.29 is 13.8 Å². The number of hydrogen-bond acceptors (Lipinski definition) is 3. The summed E-state index contributed by atoms with van der Waals surface area (Å²) in [7, 11) is 0.666. The van der Waals surface area contributed by atoms with Crippen LogP contribution in [0.15, 0.2) is 18.2 Å². The van der Waals surface area contributed by atoms with Gasteiger partial charge in [0.15, 0.2) is 5.78 Å². The van der Waals surface area contributed by atoms with E-state index >= 15 is 0 Å². The number of rotatable bonds is 5. The van der Waals surface area contributed by atoms with E-state index in [1.54, 1.807) is 25.4 Å². The summed E-state index contributed by atoms with van der Waals surface area (Å²) in [5, 5.41) is 2.99. The third kappa shape index (κ3) is 5.13. The van der Waals surface area contributed by atoms with E-state index in [2.05, 4.69) is 5.32 Å². The quantitative estimate of drug-likeness (QED) is 0.844. The van der Waals surface area contributed by atoms with Crippen LogP contribution in [0.25, 0.3) is 0 Å². The van der Waals surface area contributed by atoms with Gasteiger partial charge >= 0.3 is 6.03 Å². The first-order valence-corrected chi connectivity index (χ1v) is 8.47. The van der Waals surface area contributed by atoms with Gasteiger partial charge in [-0.1, -0.05) is 11.6 Å². The van der Waals surface area contributed by atoms with Crippen molar-refractivity contribution in [3.05, 3.63) is 28.8 Å². The van der Waals surface area contributed by atoms with Gasteiger partial charge < -0.3 is 10.2 Å². The smallest absolute Gasteiger partial charge is 0.321 e. The number of ketones is 1. The minimum atomic E-state index is -0.972. The molecule has 0 aromatic heterocycles. The lowest BCUT2D eigenvalue weighted by molar-refractivity contribution is 0.101. The van der Waals surface area contributed by atoms with Gasteiger partial charge in [0.2, 0.25) is 0 Å². The first kappa shape index (κ1) is 17.7. The summed E-state index contributed by atoms with van der Waals surface area (Å²) in [5.41, 5.74) is 0.921. The third-order valence-corrected chi connectivity index (χ3v) is 4.32. The topological polar surface area (TPSA) is 66.5 Å². The molecule has 0 spiro atoms.